The number of carbonyl (C=O) groups is 2. The molecule has 6 heteroatoms. The number of amides is 1. The number of rotatable bonds is 8. The molecule has 2 heterocycles. The Morgan fingerprint density at radius 2 is 1.93 bits per heavy atom. The van der Waals surface area contributed by atoms with E-state index in [9.17, 15) is 9.59 Å². The molecule has 1 aliphatic heterocycles. The molecule has 0 saturated carbocycles. The molecule has 1 aliphatic rings. The van der Waals surface area contributed by atoms with Gasteiger partial charge in [-0.2, -0.15) is 0 Å². The van der Waals surface area contributed by atoms with Crippen molar-refractivity contribution in [3.8, 4) is 5.75 Å². The number of thiophene rings is 1. The van der Waals surface area contributed by atoms with Gasteiger partial charge in [0.1, 0.15) is 5.75 Å². The molecular weight excluding hydrogens is 384 g/mol. The fourth-order valence-electron chi connectivity index (χ4n) is 3.83. The monoisotopic (exact) mass is 414 g/mol. The molecule has 0 aliphatic carbocycles. The third-order valence-corrected chi connectivity index (χ3v) is 6.38. The van der Waals surface area contributed by atoms with E-state index in [1.54, 1.807) is 18.4 Å². The first-order valence-corrected chi connectivity index (χ1v) is 11.0. The molecule has 1 saturated heterocycles. The molecule has 1 N–H and O–H groups in total. The highest BCUT2D eigenvalue weighted by atomic mass is 32.1. The summed E-state index contributed by atoms with van der Waals surface area (Å²) in [5, 5.41) is 3.11. The smallest absolute Gasteiger partial charge is 0.220 e. The molecule has 3 rings (SSSR count). The maximum Gasteiger partial charge on any atom is 0.220 e. The van der Waals surface area contributed by atoms with E-state index in [0.717, 1.165) is 53.5 Å². The Hall–Kier alpha value is -2.18. The Morgan fingerprint density at radius 1 is 1.17 bits per heavy atom. The molecule has 0 atom stereocenters. The molecule has 156 valence electrons. The minimum absolute atomic E-state index is 0.0193. The van der Waals surface area contributed by atoms with E-state index in [1.165, 1.54) is 5.56 Å². The number of aryl methyl sites for hydroxylation is 2. The third kappa shape index (κ3) is 6.15. The van der Waals surface area contributed by atoms with Gasteiger partial charge in [0.15, 0.2) is 5.78 Å². The molecule has 2 aromatic rings. The Bertz CT molecular complexity index is 854. The van der Waals surface area contributed by atoms with E-state index in [-0.39, 0.29) is 30.6 Å². The van der Waals surface area contributed by atoms with Crippen LogP contribution in [0.1, 0.15) is 51.4 Å². The van der Waals surface area contributed by atoms with E-state index in [1.807, 2.05) is 32.0 Å². The van der Waals surface area contributed by atoms with Crippen LogP contribution in [-0.4, -0.2) is 42.8 Å². The van der Waals surface area contributed by atoms with E-state index >= 15 is 0 Å². The van der Waals surface area contributed by atoms with Gasteiger partial charge < -0.3 is 10.1 Å². The van der Waals surface area contributed by atoms with Crippen LogP contribution < -0.4 is 10.1 Å². The number of piperidine rings is 1. The van der Waals surface area contributed by atoms with E-state index in [0.29, 0.717) is 0 Å². The summed E-state index contributed by atoms with van der Waals surface area (Å²) < 4.78 is 5.29. The molecule has 1 aromatic heterocycles. The van der Waals surface area contributed by atoms with Crippen molar-refractivity contribution in [3.05, 3.63) is 51.2 Å². The number of likely N-dealkylation sites (tertiary alicyclic amines) is 1. The van der Waals surface area contributed by atoms with Crippen molar-refractivity contribution in [1.82, 2.24) is 10.2 Å². The summed E-state index contributed by atoms with van der Waals surface area (Å²) in [4.78, 5) is 29.2. The van der Waals surface area contributed by atoms with Gasteiger partial charge in [0.25, 0.3) is 0 Å². The summed E-state index contributed by atoms with van der Waals surface area (Å²) in [6.07, 6.45) is 2.41. The SMILES string of the molecule is COc1cccc(CN2CCC(NC(=O)CCC(=O)c3cc(C)sc3C)CC2)c1. The normalized spacial score (nSPS) is 15.3. The molecule has 0 bridgehead atoms. The highest BCUT2D eigenvalue weighted by molar-refractivity contribution is 7.12. The summed E-state index contributed by atoms with van der Waals surface area (Å²) in [5.41, 5.74) is 2.01. The lowest BCUT2D eigenvalue weighted by Crippen LogP contribution is -2.44. The second-order valence-corrected chi connectivity index (χ2v) is 9.18. The summed E-state index contributed by atoms with van der Waals surface area (Å²) in [5.74, 6) is 0.927. The van der Waals surface area contributed by atoms with Crippen molar-refractivity contribution < 1.29 is 14.3 Å². The number of benzene rings is 1. The standard InChI is InChI=1S/C23H30N2O3S/c1-16-13-21(17(2)29-16)22(26)7-8-23(27)24-19-9-11-25(12-10-19)15-18-5-4-6-20(14-18)28-3/h4-6,13-14,19H,7-12,15H2,1-3H3,(H,24,27). The second kappa shape index (κ2) is 10.0. The zero-order valence-corrected chi connectivity index (χ0v) is 18.3. The summed E-state index contributed by atoms with van der Waals surface area (Å²) in [6, 6.07) is 10.3. The number of Topliss-reactive ketones (excluding diaryl/α,β-unsaturated/α-hetero) is 1. The van der Waals surface area contributed by atoms with Crippen LogP contribution in [0, 0.1) is 13.8 Å². The maximum atomic E-state index is 12.3. The Kier molecular flexibility index (Phi) is 7.45. The van der Waals surface area contributed by atoms with Gasteiger partial charge in [-0.15, -0.1) is 11.3 Å². The van der Waals surface area contributed by atoms with Crippen LogP contribution in [0.5, 0.6) is 5.75 Å². The van der Waals surface area contributed by atoms with E-state index in [4.69, 9.17) is 4.74 Å². The molecule has 0 unspecified atom stereocenters. The van der Waals surface area contributed by atoms with Crippen LogP contribution in [0.2, 0.25) is 0 Å². The van der Waals surface area contributed by atoms with Gasteiger partial charge in [0.2, 0.25) is 5.91 Å². The fraction of sp³-hybridized carbons (Fsp3) is 0.478. The first-order chi connectivity index (χ1) is 13.9. The molecule has 1 amide bonds. The zero-order valence-electron chi connectivity index (χ0n) is 17.5. The third-order valence-electron chi connectivity index (χ3n) is 5.41. The van der Waals surface area contributed by atoms with Crippen LogP contribution in [0.3, 0.4) is 0 Å². The largest absolute Gasteiger partial charge is 0.497 e. The summed E-state index contributed by atoms with van der Waals surface area (Å²) >= 11 is 1.63. The van der Waals surface area contributed by atoms with E-state index < -0.39 is 0 Å². The van der Waals surface area contributed by atoms with Crippen LogP contribution in [0.25, 0.3) is 0 Å². The van der Waals surface area contributed by atoms with Crippen molar-refractivity contribution in [1.29, 1.82) is 0 Å². The predicted molar refractivity (Wildman–Crippen MR) is 117 cm³/mol. The molecule has 29 heavy (non-hydrogen) atoms. The molecule has 5 nitrogen and oxygen atoms in total. The van der Waals surface area contributed by atoms with Gasteiger partial charge in [-0.25, -0.2) is 0 Å². The molecule has 0 spiro atoms. The average Bonchev–Trinajstić information content (AvgIpc) is 3.06. The quantitative estimate of drug-likeness (QED) is 0.660. The molecule has 0 radical (unpaired) electrons. The lowest BCUT2D eigenvalue weighted by Gasteiger charge is -2.32. The summed E-state index contributed by atoms with van der Waals surface area (Å²) in [7, 11) is 1.68. The van der Waals surface area contributed by atoms with Gasteiger partial charge in [-0.3, -0.25) is 14.5 Å². The van der Waals surface area contributed by atoms with Crippen molar-refractivity contribution >= 4 is 23.0 Å². The second-order valence-electron chi connectivity index (χ2n) is 7.72. The first kappa shape index (κ1) is 21.5. The lowest BCUT2D eigenvalue weighted by atomic mass is 10.0. The van der Waals surface area contributed by atoms with Gasteiger partial charge in [-0.1, -0.05) is 12.1 Å². The van der Waals surface area contributed by atoms with Crippen LogP contribution >= 0.6 is 11.3 Å². The number of methoxy groups -OCH3 is 1. The topological polar surface area (TPSA) is 58.6 Å². The molecule has 1 fully saturated rings. The average molecular weight is 415 g/mol. The zero-order chi connectivity index (χ0) is 20.8. The minimum atomic E-state index is -0.0193. The van der Waals surface area contributed by atoms with Crippen LogP contribution in [-0.2, 0) is 11.3 Å². The maximum absolute atomic E-state index is 12.3. The molecular formula is C23H30N2O3S. The van der Waals surface area contributed by atoms with Gasteiger partial charge in [0, 0.05) is 53.8 Å². The molecule has 1 aromatic carbocycles. The van der Waals surface area contributed by atoms with Crippen molar-refractivity contribution in [2.24, 2.45) is 0 Å². The minimum Gasteiger partial charge on any atom is -0.497 e. The lowest BCUT2D eigenvalue weighted by molar-refractivity contribution is -0.122. The van der Waals surface area contributed by atoms with E-state index in [2.05, 4.69) is 22.3 Å². The number of ether oxygens (including phenoxy) is 1. The van der Waals surface area contributed by atoms with Crippen molar-refractivity contribution in [2.45, 2.75) is 52.1 Å². The Balaban J connectivity index is 1.39. The summed E-state index contributed by atoms with van der Waals surface area (Å²) in [6.45, 7) is 6.76. The van der Waals surface area contributed by atoms with Crippen molar-refractivity contribution in [2.75, 3.05) is 20.2 Å². The van der Waals surface area contributed by atoms with Crippen molar-refractivity contribution in [3.63, 3.8) is 0 Å². The highest BCUT2D eigenvalue weighted by Crippen LogP contribution is 2.22. The van der Waals surface area contributed by atoms with Gasteiger partial charge in [-0.05, 0) is 50.5 Å². The van der Waals surface area contributed by atoms with Crippen LogP contribution in [0.15, 0.2) is 30.3 Å². The number of hydrogen-bond donors (Lipinski definition) is 1. The van der Waals surface area contributed by atoms with Gasteiger partial charge >= 0.3 is 0 Å². The highest BCUT2D eigenvalue weighted by Gasteiger charge is 2.21. The predicted octanol–water partition coefficient (Wildman–Crippen LogP) is 4.12. The fourth-order valence-corrected chi connectivity index (χ4v) is 4.78. The Labute approximate surface area is 177 Å². The number of carbonyl (C=O) groups excluding carboxylic acids is 2. The number of nitrogens with zero attached hydrogens (tertiary/aromatic N) is 1. The number of hydrogen-bond acceptors (Lipinski definition) is 5. The first-order valence-electron chi connectivity index (χ1n) is 10.2. The van der Waals surface area contributed by atoms with Crippen LogP contribution in [0.4, 0.5) is 0 Å². The van der Waals surface area contributed by atoms with Gasteiger partial charge in [0.05, 0.1) is 7.11 Å². The number of ketones is 1. The Morgan fingerprint density at radius 3 is 2.59 bits per heavy atom. The number of nitrogens with one attached hydrogen (secondary N) is 1.